The van der Waals surface area contributed by atoms with E-state index in [4.69, 9.17) is 5.26 Å². The van der Waals surface area contributed by atoms with Crippen LogP contribution in [0.1, 0.15) is 31.2 Å². The fraction of sp³-hybridized carbons (Fsp3) is 0.438. The van der Waals surface area contributed by atoms with Gasteiger partial charge in [-0.05, 0) is 49.9 Å². The number of nitriles is 1. The van der Waals surface area contributed by atoms with Crippen molar-refractivity contribution in [2.45, 2.75) is 37.8 Å². The summed E-state index contributed by atoms with van der Waals surface area (Å²) >= 11 is 0. The molecule has 0 bridgehead atoms. The summed E-state index contributed by atoms with van der Waals surface area (Å²) in [6.45, 7) is 0.100. The first kappa shape index (κ1) is 14.4. The third-order valence-electron chi connectivity index (χ3n) is 3.77. The van der Waals surface area contributed by atoms with Gasteiger partial charge in [-0.25, -0.2) is 4.79 Å². The van der Waals surface area contributed by atoms with E-state index in [1.807, 2.05) is 6.07 Å². The molecular weight excluding hydrogens is 280 g/mol. The number of rotatable bonds is 5. The lowest BCUT2D eigenvalue weighted by Gasteiger charge is -2.22. The number of nitrogens with zero attached hydrogens (tertiary/aromatic N) is 2. The molecule has 22 heavy (non-hydrogen) atoms. The first-order valence-electron chi connectivity index (χ1n) is 7.53. The molecule has 2 fully saturated rings. The van der Waals surface area contributed by atoms with Crippen LogP contribution >= 0.6 is 0 Å². The Kier molecular flexibility index (Phi) is 3.96. The van der Waals surface area contributed by atoms with Crippen LogP contribution in [0.25, 0.3) is 0 Å². The van der Waals surface area contributed by atoms with Crippen molar-refractivity contribution >= 4 is 17.6 Å². The minimum Gasteiger partial charge on any atom is -0.352 e. The van der Waals surface area contributed by atoms with Gasteiger partial charge in [-0.1, -0.05) is 0 Å². The summed E-state index contributed by atoms with van der Waals surface area (Å²) in [4.78, 5) is 25.9. The molecule has 3 amide bonds. The first-order valence-corrected chi connectivity index (χ1v) is 7.53. The Morgan fingerprint density at radius 2 is 1.86 bits per heavy atom. The number of hydrogen-bond donors (Lipinski definition) is 2. The molecule has 0 aromatic heterocycles. The Hall–Kier alpha value is -2.55. The molecule has 2 aliphatic rings. The van der Waals surface area contributed by atoms with E-state index in [0.29, 0.717) is 17.3 Å². The molecule has 0 aliphatic heterocycles. The van der Waals surface area contributed by atoms with Gasteiger partial charge in [0.25, 0.3) is 0 Å². The lowest BCUT2D eigenvalue weighted by Crippen LogP contribution is -2.44. The van der Waals surface area contributed by atoms with E-state index < -0.39 is 0 Å². The summed E-state index contributed by atoms with van der Waals surface area (Å²) in [5, 5.41) is 14.5. The van der Waals surface area contributed by atoms with Crippen molar-refractivity contribution in [2.75, 3.05) is 11.9 Å². The number of urea groups is 1. The predicted octanol–water partition coefficient (Wildman–Crippen LogP) is 1.83. The zero-order valence-electron chi connectivity index (χ0n) is 12.2. The first-order chi connectivity index (χ1) is 10.7. The molecule has 0 saturated heterocycles. The molecular formula is C16H18N4O2. The third kappa shape index (κ3) is 3.76. The smallest absolute Gasteiger partial charge is 0.322 e. The van der Waals surface area contributed by atoms with Crippen LogP contribution < -0.4 is 10.6 Å². The molecule has 2 N–H and O–H groups in total. The molecule has 1 aromatic rings. The Labute approximate surface area is 129 Å². The maximum atomic E-state index is 12.4. The zero-order chi connectivity index (χ0) is 15.5. The van der Waals surface area contributed by atoms with Gasteiger partial charge in [-0.15, -0.1) is 0 Å². The van der Waals surface area contributed by atoms with Crippen molar-refractivity contribution in [2.24, 2.45) is 0 Å². The lowest BCUT2D eigenvalue weighted by atomic mass is 10.2. The van der Waals surface area contributed by atoms with Crippen LogP contribution in [0.2, 0.25) is 0 Å². The van der Waals surface area contributed by atoms with Gasteiger partial charge in [0.05, 0.1) is 11.6 Å². The fourth-order valence-electron chi connectivity index (χ4n) is 2.23. The topological polar surface area (TPSA) is 85.2 Å². The summed E-state index contributed by atoms with van der Waals surface area (Å²) in [6.07, 6.45) is 3.95. The minimum absolute atomic E-state index is 0.0932. The molecule has 2 saturated carbocycles. The van der Waals surface area contributed by atoms with Gasteiger partial charge in [-0.3, -0.25) is 4.79 Å². The Bertz CT molecular complexity index is 612. The molecule has 0 unspecified atom stereocenters. The number of carbonyl (C=O) groups excluding carboxylic acids is 2. The number of hydrogen-bond acceptors (Lipinski definition) is 3. The van der Waals surface area contributed by atoms with Gasteiger partial charge in [-0.2, -0.15) is 5.26 Å². The zero-order valence-corrected chi connectivity index (χ0v) is 12.2. The average Bonchev–Trinajstić information content (AvgIpc) is 3.39. The normalized spacial score (nSPS) is 16.5. The highest BCUT2D eigenvalue weighted by molar-refractivity contribution is 5.93. The van der Waals surface area contributed by atoms with Crippen molar-refractivity contribution < 1.29 is 9.59 Å². The maximum Gasteiger partial charge on any atom is 0.322 e. The Balaban J connectivity index is 1.59. The van der Waals surface area contributed by atoms with Crippen LogP contribution in [0.4, 0.5) is 10.5 Å². The molecule has 0 atom stereocenters. The van der Waals surface area contributed by atoms with Gasteiger partial charge in [0.1, 0.15) is 6.54 Å². The van der Waals surface area contributed by atoms with Crippen LogP contribution in [0, 0.1) is 11.3 Å². The second-order valence-corrected chi connectivity index (χ2v) is 5.82. The summed E-state index contributed by atoms with van der Waals surface area (Å²) < 4.78 is 0. The second-order valence-electron chi connectivity index (χ2n) is 5.82. The van der Waals surface area contributed by atoms with Gasteiger partial charge >= 0.3 is 6.03 Å². The van der Waals surface area contributed by atoms with Gasteiger partial charge in [0, 0.05) is 17.8 Å². The molecule has 2 aliphatic carbocycles. The van der Waals surface area contributed by atoms with Crippen molar-refractivity contribution in [3.8, 4) is 6.07 Å². The summed E-state index contributed by atoms with van der Waals surface area (Å²) in [7, 11) is 0. The molecule has 6 nitrogen and oxygen atoms in total. The van der Waals surface area contributed by atoms with Gasteiger partial charge in [0.15, 0.2) is 0 Å². The fourth-order valence-corrected chi connectivity index (χ4v) is 2.23. The number of anilines is 1. The second kappa shape index (κ2) is 6.06. The van der Waals surface area contributed by atoms with E-state index in [9.17, 15) is 9.59 Å². The molecule has 114 valence electrons. The molecule has 0 heterocycles. The molecule has 6 heteroatoms. The van der Waals surface area contributed by atoms with Crippen LogP contribution in [-0.4, -0.2) is 35.5 Å². The monoisotopic (exact) mass is 298 g/mol. The number of nitrogens with one attached hydrogen (secondary N) is 2. The van der Waals surface area contributed by atoms with E-state index in [0.717, 1.165) is 25.7 Å². The average molecular weight is 298 g/mol. The highest BCUT2D eigenvalue weighted by Crippen LogP contribution is 2.27. The van der Waals surface area contributed by atoms with E-state index in [1.165, 1.54) is 0 Å². The highest BCUT2D eigenvalue weighted by atomic mass is 16.2. The maximum absolute atomic E-state index is 12.4. The van der Waals surface area contributed by atoms with Crippen LogP contribution in [-0.2, 0) is 4.79 Å². The van der Waals surface area contributed by atoms with E-state index in [-0.39, 0.29) is 24.5 Å². The molecule has 0 radical (unpaired) electrons. The van der Waals surface area contributed by atoms with Crippen LogP contribution in [0.5, 0.6) is 0 Å². The van der Waals surface area contributed by atoms with Crippen molar-refractivity contribution in [1.82, 2.24) is 10.2 Å². The predicted molar refractivity (Wildman–Crippen MR) is 81.1 cm³/mol. The van der Waals surface area contributed by atoms with Crippen LogP contribution in [0.3, 0.4) is 0 Å². The number of carbonyl (C=O) groups is 2. The Morgan fingerprint density at radius 3 is 2.41 bits per heavy atom. The molecule has 3 rings (SSSR count). The minimum atomic E-state index is -0.266. The highest BCUT2D eigenvalue weighted by Gasteiger charge is 2.35. The van der Waals surface area contributed by atoms with Crippen molar-refractivity contribution in [1.29, 1.82) is 5.26 Å². The standard InChI is InChI=1S/C16H18N4O2/c17-9-11-1-3-13(4-2-11)19-16(22)20(14-7-8-14)10-15(21)18-12-5-6-12/h1-4,12,14H,5-8,10H2,(H,18,21)(H,19,22). The van der Waals surface area contributed by atoms with Crippen molar-refractivity contribution in [3.63, 3.8) is 0 Å². The number of benzene rings is 1. The van der Waals surface area contributed by atoms with Gasteiger partial charge in [0.2, 0.25) is 5.91 Å². The quantitative estimate of drug-likeness (QED) is 0.869. The summed E-state index contributed by atoms with van der Waals surface area (Å²) in [6, 6.07) is 8.90. The molecule has 0 spiro atoms. The van der Waals surface area contributed by atoms with E-state index in [1.54, 1.807) is 29.2 Å². The largest absolute Gasteiger partial charge is 0.352 e. The van der Waals surface area contributed by atoms with E-state index in [2.05, 4.69) is 10.6 Å². The lowest BCUT2D eigenvalue weighted by molar-refractivity contribution is -0.121. The van der Waals surface area contributed by atoms with Crippen molar-refractivity contribution in [3.05, 3.63) is 29.8 Å². The SMILES string of the molecule is N#Cc1ccc(NC(=O)N(CC(=O)NC2CC2)C2CC2)cc1. The summed E-state index contributed by atoms with van der Waals surface area (Å²) in [5.41, 5.74) is 1.16. The van der Waals surface area contributed by atoms with Crippen LogP contribution in [0.15, 0.2) is 24.3 Å². The molecule has 1 aromatic carbocycles. The number of amides is 3. The Morgan fingerprint density at radius 1 is 1.18 bits per heavy atom. The summed E-state index contributed by atoms with van der Waals surface area (Å²) in [5.74, 6) is -0.0932. The van der Waals surface area contributed by atoms with Gasteiger partial charge < -0.3 is 15.5 Å². The van der Waals surface area contributed by atoms with E-state index >= 15 is 0 Å². The third-order valence-corrected chi connectivity index (χ3v) is 3.77.